The van der Waals surface area contributed by atoms with Gasteiger partial charge >= 0.3 is 5.97 Å². The summed E-state index contributed by atoms with van der Waals surface area (Å²) in [5, 5.41) is 8.78. The molecular formula is C11H19NO4. The number of nitrogens with zero attached hydrogens (tertiary/aromatic N) is 1. The maximum absolute atomic E-state index is 11.8. The predicted molar refractivity (Wildman–Crippen MR) is 58.1 cm³/mol. The second kappa shape index (κ2) is 6.48. The van der Waals surface area contributed by atoms with E-state index in [1.165, 1.54) is 0 Å². The molecule has 0 radical (unpaired) electrons. The van der Waals surface area contributed by atoms with Gasteiger partial charge in [-0.15, -0.1) is 0 Å². The highest BCUT2D eigenvalue weighted by Gasteiger charge is 2.27. The van der Waals surface area contributed by atoms with Gasteiger partial charge in [-0.2, -0.15) is 0 Å². The number of carbonyl (C=O) groups is 2. The van der Waals surface area contributed by atoms with Crippen molar-refractivity contribution in [3.8, 4) is 0 Å². The fourth-order valence-corrected chi connectivity index (χ4v) is 2.08. The van der Waals surface area contributed by atoms with Crippen LogP contribution in [0.2, 0.25) is 0 Å². The molecule has 0 spiro atoms. The Morgan fingerprint density at radius 1 is 1.44 bits per heavy atom. The number of aliphatic carboxylic acids is 1. The van der Waals surface area contributed by atoms with E-state index in [9.17, 15) is 9.59 Å². The molecule has 1 aliphatic rings. The van der Waals surface area contributed by atoms with Gasteiger partial charge in [0.2, 0.25) is 5.91 Å². The number of hydrogen-bond donors (Lipinski definition) is 1. The number of methoxy groups -OCH3 is 1. The van der Waals surface area contributed by atoms with Crippen LogP contribution in [0.5, 0.6) is 0 Å². The van der Waals surface area contributed by atoms with Gasteiger partial charge in [0, 0.05) is 19.7 Å². The molecule has 1 aliphatic heterocycles. The summed E-state index contributed by atoms with van der Waals surface area (Å²) in [5.74, 6) is -0.829. The molecule has 0 aromatic carbocycles. The molecule has 1 amide bonds. The van der Waals surface area contributed by atoms with Gasteiger partial charge in [0.15, 0.2) is 0 Å². The third kappa shape index (κ3) is 3.81. The van der Waals surface area contributed by atoms with E-state index in [2.05, 4.69) is 0 Å². The van der Waals surface area contributed by atoms with Gasteiger partial charge < -0.3 is 14.7 Å². The quantitative estimate of drug-likeness (QED) is 0.760. The van der Waals surface area contributed by atoms with E-state index in [0.717, 1.165) is 19.3 Å². The number of carbonyl (C=O) groups excluding carboxylic acids is 1. The van der Waals surface area contributed by atoms with Crippen molar-refractivity contribution in [2.45, 2.75) is 38.1 Å². The van der Waals surface area contributed by atoms with Crippen LogP contribution in [0, 0.1) is 0 Å². The fraction of sp³-hybridized carbons (Fsp3) is 0.818. The molecule has 5 heteroatoms. The number of carboxylic acid groups (broad SMARTS) is 1. The lowest BCUT2D eigenvalue weighted by atomic mass is 9.99. The highest BCUT2D eigenvalue weighted by molar-refractivity contribution is 5.77. The lowest BCUT2D eigenvalue weighted by Crippen LogP contribution is -2.45. The van der Waals surface area contributed by atoms with Crippen LogP contribution in [0.1, 0.15) is 32.1 Å². The molecule has 1 rings (SSSR count). The SMILES string of the molecule is COCCC(=O)N1CCCCC1CC(=O)O. The van der Waals surface area contributed by atoms with E-state index in [1.807, 2.05) is 0 Å². The van der Waals surface area contributed by atoms with Crippen LogP contribution in [-0.2, 0) is 14.3 Å². The van der Waals surface area contributed by atoms with Gasteiger partial charge in [-0.3, -0.25) is 9.59 Å². The molecule has 1 heterocycles. The lowest BCUT2D eigenvalue weighted by molar-refractivity contribution is -0.142. The fourth-order valence-electron chi connectivity index (χ4n) is 2.08. The van der Waals surface area contributed by atoms with E-state index >= 15 is 0 Å². The molecule has 0 aliphatic carbocycles. The Morgan fingerprint density at radius 2 is 2.19 bits per heavy atom. The number of likely N-dealkylation sites (tertiary alicyclic amines) is 1. The zero-order valence-corrected chi connectivity index (χ0v) is 9.65. The minimum Gasteiger partial charge on any atom is -0.481 e. The van der Waals surface area contributed by atoms with Crippen molar-refractivity contribution in [2.75, 3.05) is 20.3 Å². The predicted octanol–water partition coefficient (Wildman–Crippen LogP) is 0.879. The van der Waals surface area contributed by atoms with Crippen LogP contribution < -0.4 is 0 Å². The van der Waals surface area contributed by atoms with Crippen LogP contribution in [0.3, 0.4) is 0 Å². The summed E-state index contributed by atoms with van der Waals surface area (Å²) >= 11 is 0. The molecule has 1 fully saturated rings. The first-order valence-corrected chi connectivity index (χ1v) is 5.65. The third-order valence-corrected chi connectivity index (χ3v) is 2.88. The van der Waals surface area contributed by atoms with E-state index < -0.39 is 5.97 Å². The second-order valence-electron chi connectivity index (χ2n) is 4.08. The first kappa shape index (κ1) is 13.0. The number of amides is 1. The van der Waals surface area contributed by atoms with E-state index in [0.29, 0.717) is 19.6 Å². The Hall–Kier alpha value is -1.10. The topological polar surface area (TPSA) is 66.8 Å². The number of rotatable bonds is 5. The van der Waals surface area contributed by atoms with Crippen LogP contribution in [0.25, 0.3) is 0 Å². The van der Waals surface area contributed by atoms with Crippen molar-refractivity contribution < 1.29 is 19.4 Å². The molecule has 1 unspecified atom stereocenters. The Kier molecular flexibility index (Phi) is 5.25. The maximum atomic E-state index is 11.8. The van der Waals surface area contributed by atoms with Crippen molar-refractivity contribution in [1.29, 1.82) is 0 Å². The van der Waals surface area contributed by atoms with Crippen molar-refractivity contribution >= 4 is 11.9 Å². The molecule has 0 aromatic heterocycles. The Labute approximate surface area is 95.4 Å². The highest BCUT2D eigenvalue weighted by atomic mass is 16.5. The molecule has 5 nitrogen and oxygen atoms in total. The van der Waals surface area contributed by atoms with E-state index in [4.69, 9.17) is 9.84 Å². The van der Waals surface area contributed by atoms with Crippen LogP contribution in [-0.4, -0.2) is 48.2 Å². The monoisotopic (exact) mass is 229 g/mol. The van der Waals surface area contributed by atoms with Gasteiger partial charge in [-0.1, -0.05) is 0 Å². The summed E-state index contributed by atoms with van der Waals surface area (Å²) < 4.78 is 4.86. The van der Waals surface area contributed by atoms with E-state index in [-0.39, 0.29) is 18.4 Å². The van der Waals surface area contributed by atoms with Crippen molar-refractivity contribution in [3.05, 3.63) is 0 Å². The summed E-state index contributed by atoms with van der Waals surface area (Å²) in [6.07, 6.45) is 3.16. The molecule has 1 saturated heterocycles. The summed E-state index contributed by atoms with van der Waals surface area (Å²) in [6.45, 7) is 1.08. The molecule has 16 heavy (non-hydrogen) atoms. The van der Waals surface area contributed by atoms with Crippen molar-refractivity contribution in [2.24, 2.45) is 0 Å². The summed E-state index contributed by atoms with van der Waals surface area (Å²) in [7, 11) is 1.55. The minimum atomic E-state index is -0.837. The number of hydrogen-bond acceptors (Lipinski definition) is 3. The Morgan fingerprint density at radius 3 is 2.81 bits per heavy atom. The average Bonchev–Trinajstić information content (AvgIpc) is 2.26. The maximum Gasteiger partial charge on any atom is 0.305 e. The molecule has 0 saturated carbocycles. The number of ether oxygens (including phenoxy) is 1. The van der Waals surface area contributed by atoms with Crippen LogP contribution in [0.4, 0.5) is 0 Å². The summed E-state index contributed by atoms with van der Waals surface area (Å²) in [4.78, 5) is 24.2. The molecule has 0 bridgehead atoms. The molecule has 92 valence electrons. The van der Waals surface area contributed by atoms with Crippen molar-refractivity contribution in [3.63, 3.8) is 0 Å². The Balaban J connectivity index is 2.51. The van der Waals surface area contributed by atoms with Crippen LogP contribution in [0.15, 0.2) is 0 Å². The molecule has 1 atom stereocenters. The van der Waals surface area contributed by atoms with Gasteiger partial charge in [0.1, 0.15) is 0 Å². The average molecular weight is 229 g/mol. The van der Waals surface area contributed by atoms with Gasteiger partial charge in [-0.05, 0) is 19.3 Å². The summed E-state index contributed by atoms with van der Waals surface area (Å²) in [6, 6.07) is -0.129. The van der Waals surface area contributed by atoms with Gasteiger partial charge in [0.25, 0.3) is 0 Å². The van der Waals surface area contributed by atoms with E-state index in [1.54, 1.807) is 12.0 Å². The lowest BCUT2D eigenvalue weighted by Gasteiger charge is -2.35. The first-order valence-electron chi connectivity index (χ1n) is 5.65. The second-order valence-corrected chi connectivity index (χ2v) is 4.08. The number of carboxylic acids is 1. The largest absolute Gasteiger partial charge is 0.481 e. The standard InChI is InChI=1S/C11H19NO4/c1-16-7-5-10(13)12-6-3-2-4-9(12)8-11(14)15/h9H,2-8H2,1H3,(H,14,15). The Bertz CT molecular complexity index is 254. The third-order valence-electron chi connectivity index (χ3n) is 2.88. The minimum absolute atomic E-state index is 0.00722. The molecule has 1 N–H and O–H groups in total. The molecular weight excluding hydrogens is 210 g/mol. The zero-order chi connectivity index (χ0) is 12.0. The van der Waals surface area contributed by atoms with Gasteiger partial charge in [-0.25, -0.2) is 0 Å². The smallest absolute Gasteiger partial charge is 0.305 e. The first-order chi connectivity index (χ1) is 7.65. The number of piperidine rings is 1. The summed E-state index contributed by atoms with van der Waals surface area (Å²) in [5.41, 5.74) is 0. The normalized spacial score (nSPS) is 20.8. The van der Waals surface area contributed by atoms with Crippen molar-refractivity contribution in [1.82, 2.24) is 4.90 Å². The molecule has 0 aromatic rings. The van der Waals surface area contributed by atoms with Crippen LogP contribution >= 0.6 is 0 Å². The van der Waals surface area contributed by atoms with Gasteiger partial charge in [0.05, 0.1) is 19.4 Å². The highest BCUT2D eigenvalue weighted by Crippen LogP contribution is 2.20. The zero-order valence-electron chi connectivity index (χ0n) is 9.65.